The minimum Gasteiger partial charge on any atom is -0.463 e. The van der Waals surface area contributed by atoms with Gasteiger partial charge in [-0.25, -0.2) is 0 Å². The van der Waals surface area contributed by atoms with Crippen LogP contribution >= 0.6 is 11.6 Å². The number of nitrogens with one attached hydrogen (secondary N) is 1. The Morgan fingerprint density at radius 3 is 2.50 bits per heavy atom. The van der Waals surface area contributed by atoms with E-state index < -0.39 is 5.54 Å². The summed E-state index contributed by atoms with van der Waals surface area (Å²) in [5, 5.41) is 3.88. The topological polar surface area (TPSA) is 67.5 Å². The van der Waals surface area contributed by atoms with E-state index in [2.05, 4.69) is 5.32 Å². The smallest absolute Gasteiger partial charge is 0.271 e. The van der Waals surface area contributed by atoms with Gasteiger partial charge in [-0.1, -0.05) is 55.5 Å². The van der Waals surface area contributed by atoms with Gasteiger partial charge in [-0.3, -0.25) is 9.59 Å². The zero-order chi connectivity index (χ0) is 23.7. The third-order valence-electron chi connectivity index (χ3n) is 7.25. The third-order valence-corrected chi connectivity index (χ3v) is 7.61. The minimum atomic E-state index is -1.09. The molecular formula is C27H30ClN3O3. The molecule has 1 atom stereocenters. The average Bonchev–Trinajstić information content (AvgIpc) is 3.42. The molecule has 2 amide bonds. The SMILES string of the molecule is CC1(C(=O)NC2CCCCCC2)Cn2c(ccc2-c2ccco2)C(=O)N1Cc1ccccc1Cl. The molecule has 1 saturated carbocycles. The molecule has 1 fully saturated rings. The number of hydrogen-bond donors (Lipinski definition) is 1. The number of amides is 2. The van der Waals surface area contributed by atoms with Gasteiger partial charge in [-0.2, -0.15) is 0 Å². The summed E-state index contributed by atoms with van der Waals surface area (Å²) in [4.78, 5) is 29.4. The van der Waals surface area contributed by atoms with Crippen molar-refractivity contribution < 1.29 is 14.0 Å². The zero-order valence-electron chi connectivity index (χ0n) is 19.4. The van der Waals surface area contributed by atoms with E-state index in [1.54, 1.807) is 11.2 Å². The molecule has 3 heterocycles. The zero-order valence-corrected chi connectivity index (χ0v) is 20.2. The van der Waals surface area contributed by atoms with Crippen molar-refractivity contribution in [2.75, 3.05) is 0 Å². The number of rotatable bonds is 5. The number of hydrogen-bond acceptors (Lipinski definition) is 3. The van der Waals surface area contributed by atoms with Crippen LogP contribution in [-0.2, 0) is 17.9 Å². The summed E-state index contributed by atoms with van der Waals surface area (Å²) >= 11 is 6.45. The first-order valence-electron chi connectivity index (χ1n) is 12.1. The van der Waals surface area contributed by atoms with Gasteiger partial charge >= 0.3 is 0 Å². The van der Waals surface area contributed by atoms with E-state index in [0.29, 0.717) is 23.0 Å². The molecule has 0 bridgehead atoms. The summed E-state index contributed by atoms with van der Waals surface area (Å²) in [6.07, 6.45) is 8.23. The first-order valence-corrected chi connectivity index (χ1v) is 12.4. The second-order valence-electron chi connectivity index (χ2n) is 9.59. The van der Waals surface area contributed by atoms with Gasteiger partial charge in [0.2, 0.25) is 5.91 Å². The second-order valence-corrected chi connectivity index (χ2v) is 9.99. The average molecular weight is 480 g/mol. The normalized spacial score (nSPS) is 21.2. The third kappa shape index (κ3) is 4.16. The highest BCUT2D eigenvalue weighted by Gasteiger charge is 2.48. The summed E-state index contributed by atoms with van der Waals surface area (Å²) in [5.74, 6) is 0.358. The van der Waals surface area contributed by atoms with Crippen molar-refractivity contribution in [3.63, 3.8) is 0 Å². The molecule has 5 rings (SSSR count). The van der Waals surface area contributed by atoms with E-state index in [-0.39, 0.29) is 24.4 Å². The van der Waals surface area contributed by atoms with Crippen molar-refractivity contribution in [3.05, 3.63) is 71.1 Å². The lowest BCUT2D eigenvalue weighted by atomic mass is 9.92. The largest absolute Gasteiger partial charge is 0.463 e. The van der Waals surface area contributed by atoms with Crippen LogP contribution in [0.1, 0.15) is 61.5 Å². The van der Waals surface area contributed by atoms with Gasteiger partial charge in [0.25, 0.3) is 5.91 Å². The fourth-order valence-electron chi connectivity index (χ4n) is 5.22. The molecule has 0 radical (unpaired) electrons. The highest BCUT2D eigenvalue weighted by molar-refractivity contribution is 6.31. The molecule has 2 aliphatic rings. The Balaban J connectivity index is 1.53. The van der Waals surface area contributed by atoms with E-state index in [0.717, 1.165) is 36.9 Å². The van der Waals surface area contributed by atoms with Crippen LogP contribution in [0.25, 0.3) is 11.5 Å². The van der Waals surface area contributed by atoms with Crippen molar-refractivity contribution in [1.82, 2.24) is 14.8 Å². The maximum absolute atomic E-state index is 13.9. The molecule has 7 heteroatoms. The second kappa shape index (κ2) is 9.34. The van der Waals surface area contributed by atoms with Gasteiger partial charge in [0.15, 0.2) is 0 Å². The number of fused-ring (bicyclic) bond motifs is 1. The molecule has 1 N–H and O–H groups in total. The Bertz CT molecular complexity index is 1180. The van der Waals surface area contributed by atoms with Gasteiger partial charge in [-0.15, -0.1) is 0 Å². The monoisotopic (exact) mass is 479 g/mol. The lowest BCUT2D eigenvalue weighted by Gasteiger charge is -2.45. The summed E-state index contributed by atoms with van der Waals surface area (Å²) in [6, 6.07) is 15.0. The predicted octanol–water partition coefficient (Wildman–Crippen LogP) is 5.66. The van der Waals surface area contributed by atoms with Crippen LogP contribution in [0.5, 0.6) is 0 Å². The van der Waals surface area contributed by atoms with Crippen molar-refractivity contribution in [3.8, 4) is 11.5 Å². The summed E-state index contributed by atoms with van der Waals surface area (Å²) in [5.41, 5.74) is 1.06. The van der Waals surface area contributed by atoms with Crippen LogP contribution in [0, 0.1) is 0 Å². The maximum Gasteiger partial charge on any atom is 0.271 e. The lowest BCUT2D eigenvalue weighted by Crippen LogP contribution is -2.64. The maximum atomic E-state index is 13.9. The quantitative estimate of drug-likeness (QED) is 0.480. The lowest BCUT2D eigenvalue weighted by molar-refractivity contribution is -0.134. The van der Waals surface area contributed by atoms with E-state index in [1.165, 1.54) is 12.8 Å². The molecule has 3 aromatic rings. The molecule has 1 aliphatic carbocycles. The Morgan fingerprint density at radius 2 is 1.79 bits per heavy atom. The van der Waals surface area contributed by atoms with Gasteiger partial charge in [0, 0.05) is 17.6 Å². The van der Waals surface area contributed by atoms with Crippen LogP contribution in [0.2, 0.25) is 5.02 Å². The molecule has 1 unspecified atom stereocenters. The molecule has 34 heavy (non-hydrogen) atoms. The molecule has 0 saturated heterocycles. The number of nitrogens with zero attached hydrogens (tertiary/aromatic N) is 2. The van der Waals surface area contributed by atoms with Gasteiger partial charge < -0.3 is 19.2 Å². The van der Waals surface area contributed by atoms with E-state index >= 15 is 0 Å². The predicted molar refractivity (Wildman–Crippen MR) is 131 cm³/mol. The first-order chi connectivity index (χ1) is 16.5. The van der Waals surface area contributed by atoms with Crippen LogP contribution < -0.4 is 5.32 Å². The molecular weight excluding hydrogens is 450 g/mol. The van der Waals surface area contributed by atoms with E-state index in [1.807, 2.05) is 60.0 Å². The van der Waals surface area contributed by atoms with Crippen molar-refractivity contribution in [2.45, 2.75) is 70.1 Å². The van der Waals surface area contributed by atoms with Gasteiger partial charge in [0.1, 0.15) is 17.0 Å². The minimum absolute atomic E-state index is 0.121. The fourth-order valence-corrected chi connectivity index (χ4v) is 5.42. The van der Waals surface area contributed by atoms with Crippen LogP contribution in [0.4, 0.5) is 0 Å². The molecule has 178 valence electrons. The number of furan rings is 1. The van der Waals surface area contributed by atoms with Crippen LogP contribution in [-0.4, -0.2) is 32.9 Å². The number of carbonyl (C=O) groups is 2. The fraction of sp³-hybridized carbons (Fsp3) is 0.407. The Hall–Kier alpha value is -2.99. The number of benzene rings is 1. The number of aromatic nitrogens is 1. The number of halogens is 1. The molecule has 1 aromatic carbocycles. The summed E-state index contributed by atoms with van der Waals surface area (Å²) < 4.78 is 7.53. The Morgan fingerprint density at radius 1 is 1.06 bits per heavy atom. The Labute approximate surface area is 204 Å². The van der Waals surface area contributed by atoms with Crippen molar-refractivity contribution in [2.24, 2.45) is 0 Å². The molecule has 0 spiro atoms. The highest BCUT2D eigenvalue weighted by atomic mass is 35.5. The first kappa shape index (κ1) is 22.8. The standard InChI is InChI=1S/C27H30ClN3O3/c1-27(26(33)29-20-10-4-2-3-5-11-20)18-30-22(24-13-8-16-34-24)14-15-23(30)25(32)31(27)17-19-9-6-7-12-21(19)28/h6-9,12-16,20H,2-5,10-11,17-18H2,1H3,(H,29,33). The van der Waals surface area contributed by atoms with Gasteiger partial charge in [0.05, 0.1) is 18.5 Å². The van der Waals surface area contributed by atoms with Crippen molar-refractivity contribution in [1.29, 1.82) is 0 Å². The number of carbonyl (C=O) groups excluding carboxylic acids is 2. The summed E-state index contributed by atoms with van der Waals surface area (Å²) in [7, 11) is 0. The van der Waals surface area contributed by atoms with Crippen LogP contribution in [0.3, 0.4) is 0 Å². The van der Waals surface area contributed by atoms with Gasteiger partial charge in [-0.05, 0) is 55.7 Å². The van der Waals surface area contributed by atoms with E-state index in [4.69, 9.17) is 16.0 Å². The molecule has 2 aromatic heterocycles. The summed E-state index contributed by atoms with van der Waals surface area (Å²) in [6.45, 7) is 2.46. The van der Waals surface area contributed by atoms with Crippen LogP contribution in [0.15, 0.2) is 59.2 Å². The molecule has 6 nitrogen and oxygen atoms in total. The van der Waals surface area contributed by atoms with E-state index in [9.17, 15) is 9.59 Å². The Kier molecular flexibility index (Phi) is 6.26. The highest BCUT2D eigenvalue weighted by Crippen LogP contribution is 2.35. The molecule has 1 aliphatic heterocycles. The van der Waals surface area contributed by atoms with Crippen molar-refractivity contribution >= 4 is 23.4 Å².